The fourth-order valence-corrected chi connectivity index (χ4v) is 2.36. The maximum atomic E-state index is 13.7. The first-order valence-corrected chi connectivity index (χ1v) is 6.77. The standard InChI is InChI=1S/C16H26FN/c1-7-8-18-15(16(4,5)6)13-9-11(2)14(17)12(3)10-13/h9-10,15,18H,7-8H2,1-6H3. The summed E-state index contributed by atoms with van der Waals surface area (Å²) in [6.45, 7) is 13.5. The highest BCUT2D eigenvalue weighted by atomic mass is 19.1. The van der Waals surface area contributed by atoms with Gasteiger partial charge in [-0.2, -0.15) is 0 Å². The highest BCUT2D eigenvalue weighted by Gasteiger charge is 2.26. The van der Waals surface area contributed by atoms with Crippen molar-refractivity contribution in [3.8, 4) is 0 Å². The van der Waals surface area contributed by atoms with Crippen LogP contribution in [0.4, 0.5) is 4.39 Å². The van der Waals surface area contributed by atoms with Gasteiger partial charge in [0.25, 0.3) is 0 Å². The molecule has 1 atom stereocenters. The second-order valence-electron chi connectivity index (χ2n) is 6.22. The first kappa shape index (κ1) is 15.2. The molecule has 1 unspecified atom stereocenters. The van der Waals surface area contributed by atoms with E-state index in [0.717, 1.165) is 24.1 Å². The van der Waals surface area contributed by atoms with Crippen molar-refractivity contribution in [3.05, 3.63) is 34.6 Å². The van der Waals surface area contributed by atoms with Crippen LogP contribution in [-0.4, -0.2) is 6.54 Å². The van der Waals surface area contributed by atoms with Gasteiger partial charge in [0, 0.05) is 6.04 Å². The van der Waals surface area contributed by atoms with Crippen LogP contribution in [0.5, 0.6) is 0 Å². The van der Waals surface area contributed by atoms with E-state index in [9.17, 15) is 4.39 Å². The zero-order valence-corrected chi connectivity index (χ0v) is 12.5. The Hall–Kier alpha value is -0.890. The first-order valence-electron chi connectivity index (χ1n) is 6.77. The van der Waals surface area contributed by atoms with E-state index >= 15 is 0 Å². The minimum absolute atomic E-state index is 0.0816. The van der Waals surface area contributed by atoms with Crippen molar-refractivity contribution in [2.45, 2.75) is 54.0 Å². The van der Waals surface area contributed by atoms with Gasteiger partial charge in [0.1, 0.15) is 5.82 Å². The van der Waals surface area contributed by atoms with E-state index in [1.807, 2.05) is 26.0 Å². The lowest BCUT2D eigenvalue weighted by Crippen LogP contribution is -2.33. The lowest BCUT2D eigenvalue weighted by Gasteiger charge is -2.32. The zero-order valence-electron chi connectivity index (χ0n) is 12.5. The summed E-state index contributed by atoms with van der Waals surface area (Å²) in [6, 6.07) is 4.21. The molecule has 0 fully saturated rings. The number of hydrogen-bond acceptors (Lipinski definition) is 1. The zero-order chi connectivity index (χ0) is 13.9. The SMILES string of the molecule is CCCNC(c1cc(C)c(F)c(C)c1)C(C)(C)C. The summed E-state index contributed by atoms with van der Waals surface area (Å²) >= 11 is 0. The number of hydrogen-bond donors (Lipinski definition) is 1. The van der Waals surface area contributed by atoms with E-state index in [1.165, 1.54) is 5.56 Å². The molecule has 0 aliphatic heterocycles. The normalized spacial score (nSPS) is 13.7. The Kier molecular flexibility index (Phi) is 4.92. The predicted octanol–water partition coefficient (Wildman–Crippen LogP) is 4.53. The third-order valence-electron chi connectivity index (χ3n) is 3.26. The third kappa shape index (κ3) is 3.55. The molecule has 18 heavy (non-hydrogen) atoms. The quantitative estimate of drug-likeness (QED) is 0.829. The second kappa shape index (κ2) is 5.83. The Morgan fingerprint density at radius 2 is 1.67 bits per heavy atom. The summed E-state index contributed by atoms with van der Waals surface area (Å²) in [4.78, 5) is 0. The Morgan fingerprint density at radius 1 is 1.17 bits per heavy atom. The van der Waals surface area contributed by atoms with Crippen LogP contribution >= 0.6 is 0 Å². The molecule has 0 bridgehead atoms. The number of halogens is 1. The highest BCUT2D eigenvalue weighted by molar-refractivity contribution is 5.33. The predicted molar refractivity (Wildman–Crippen MR) is 76.4 cm³/mol. The smallest absolute Gasteiger partial charge is 0.129 e. The van der Waals surface area contributed by atoms with Crippen molar-refractivity contribution in [2.75, 3.05) is 6.54 Å². The Labute approximate surface area is 111 Å². The van der Waals surface area contributed by atoms with Gasteiger partial charge in [0.2, 0.25) is 0 Å². The van der Waals surface area contributed by atoms with E-state index in [4.69, 9.17) is 0 Å². The molecule has 0 spiro atoms. The van der Waals surface area contributed by atoms with Gasteiger partial charge in [0.15, 0.2) is 0 Å². The summed E-state index contributed by atoms with van der Waals surface area (Å²) in [6.07, 6.45) is 1.10. The molecule has 1 rings (SSSR count). The number of aryl methyl sites for hydroxylation is 2. The molecule has 0 saturated heterocycles. The van der Waals surface area contributed by atoms with Crippen LogP contribution in [0.25, 0.3) is 0 Å². The molecular formula is C16H26FN. The molecule has 102 valence electrons. The van der Waals surface area contributed by atoms with Crippen molar-refractivity contribution in [3.63, 3.8) is 0 Å². The molecule has 2 heteroatoms. The van der Waals surface area contributed by atoms with Crippen molar-refractivity contribution in [1.29, 1.82) is 0 Å². The minimum Gasteiger partial charge on any atom is -0.309 e. The van der Waals surface area contributed by atoms with Crippen LogP contribution in [0.15, 0.2) is 12.1 Å². The molecule has 1 aromatic carbocycles. The van der Waals surface area contributed by atoms with E-state index < -0.39 is 0 Å². The lowest BCUT2D eigenvalue weighted by molar-refractivity contribution is 0.273. The number of rotatable bonds is 4. The van der Waals surface area contributed by atoms with Gasteiger partial charge in [-0.3, -0.25) is 0 Å². The number of benzene rings is 1. The van der Waals surface area contributed by atoms with Crippen LogP contribution in [-0.2, 0) is 0 Å². The summed E-state index contributed by atoms with van der Waals surface area (Å²) in [5.74, 6) is -0.0816. The van der Waals surface area contributed by atoms with E-state index in [2.05, 4.69) is 33.0 Å². The van der Waals surface area contributed by atoms with Crippen LogP contribution < -0.4 is 5.32 Å². The summed E-state index contributed by atoms with van der Waals surface area (Å²) in [5.41, 5.74) is 2.77. The fourth-order valence-electron chi connectivity index (χ4n) is 2.36. The van der Waals surface area contributed by atoms with Gasteiger partial charge in [-0.25, -0.2) is 4.39 Å². The molecule has 0 heterocycles. The minimum atomic E-state index is -0.0816. The molecule has 0 amide bonds. The van der Waals surface area contributed by atoms with E-state index in [0.29, 0.717) is 0 Å². The topological polar surface area (TPSA) is 12.0 Å². The van der Waals surface area contributed by atoms with Crippen LogP contribution in [0.1, 0.15) is 56.8 Å². The average molecular weight is 251 g/mol. The summed E-state index contributed by atoms with van der Waals surface area (Å²) in [5, 5.41) is 3.58. The van der Waals surface area contributed by atoms with E-state index in [-0.39, 0.29) is 17.3 Å². The Balaban J connectivity index is 3.13. The summed E-state index contributed by atoms with van der Waals surface area (Å²) in [7, 11) is 0. The second-order valence-corrected chi connectivity index (χ2v) is 6.22. The van der Waals surface area contributed by atoms with Crippen molar-refractivity contribution in [2.24, 2.45) is 5.41 Å². The molecule has 1 nitrogen and oxygen atoms in total. The molecule has 0 aromatic heterocycles. The van der Waals surface area contributed by atoms with Gasteiger partial charge < -0.3 is 5.32 Å². The van der Waals surface area contributed by atoms with Crippen molar-refractivity contribution in [1.82, 2.24) is 5.32 Å². The fraction of sp³-hybridized carbons (Fsp3) is 0.625. The number of nitrogens with one attached hydrogen (secondary N) is 1. The molecule has 0 aliphatic rings. The molecular weight excluding hydrogens is 225 g/mol. The molecule has 1 N–H and O–H groups in total. The summed E-state index contributed by atoms with van der Waals surface area (Å²) < 4.78 is 13.7. The van der Waals surface area contributed by atoms with Gasteiger partial charge >= 0.3 is 0 Å². The average Bonchev–Trinajstić information content (AvgIpc) is 2.24. The van der Waals surface area contributed by atoms with E-state index in [1.54, 1.807) is 0 Å². The van der Waals surface area contributed by atoms with Crippen molar-refractivity contribution < 1.29 is 4.39 Å². The van der Waals surface area contributed by atoms with Gasteiger partial charge in [-0.15, -0.1) is 0 Å². The molecule has 0 radical (unpaired) electrons. The maximum Gasteiger partial charge on any atom is 0.129 e. The van der Waals surface area contributed by atoms with Gasteiger partial charge in [-0.1, -0.05) is 39.8 Å². The largest absolute Gasteiger partial charge is 0.309 e. The van der Waals surface area contributed by atoms with Crippen LogP contribution in [0, 0.1) is 25.1 Å². The Bertz CT molecular complexity index is 381. The van der Waals surface area contributed by atoms with Crippen LogP contribution in [0.3, 0.4) is 0 Å². The monoisotopic (exact) mass is 251 g/mol. The van der Waals surface area contributed by atoms with Gasteiger partial charge in [0.05, 0.1) is 0 Å². The maximum absolute atomic E-state index is 13.7. The molecule has 0 saturated carbocycles. The van der Waals surface area contributed by atoms with Crippen LogP contribution in [0.2, 0.25) is 0 Å². The lowest BCUT2D eigenvalue weighted by atomic mass is 9.81. The highest BCUT2D eigenvalue weighted by Crippen LogP contribution is 2.34. The third-order valence-corrected chi connectivity index (χ3v) is 3.26. The Morgan fingerprint density at radius 3 is 2.06 bits per heavy atom. The first-order chi connectivity index (χ1) is 8.27. The van der Waals surface area contributed by atoms with Gasteiger partial charge in [-0.05, 0) is 48.9 Å². The van der Waals surface area contributed by atoms with Crippen molar-refractivity contribution >= 4 is 0 Å². The molecule has 1 aromatic rings. The molecule has 0 aliphatic carbocycles.